The Morgan fingerprint density at radius 2 is 1.87 bits per heavy atom. The van der Waals surface area contributed by atoms with Gasteiger partial charge in [-0.2, -0.15) is 17.7 Å². The maximum Gasteiger partial charge on any atom is 0.307 e. The molecule has 208 valence electrons. The predicted molar refractivity (Wildman–Crippen MR) is 146 cm³/mol. The summed E-state index contributed by atoms with van der Waals surface area (Å²) in [7, 11) is -4.07. The molecule has 4 N–H and O–H groups in total. The first-order valence-corrected chi connectivity index (χ1v) is 14.9. The van der Waals surface area contributed by atoms with Gasteiger partial charge in [0.05, 0.1) is 11.6 Å². The van der Waals surface area contributed by atoms with E-state index < -0.39 is 22.1 Å². The van der Waals surface area contributed by atoms with Gasteiger partial charge in [0.15, 0.2) is 0 Å². The summed E-state index contributed by atoms with van der Waals surface area (Å²) in [5.41, 5.74) is 9.76. The Bertz CT molecular complexity index is 1210. The summed E-state index contributed by atoms with van der Waals surface area (Å²) >= 11 is 0. The smallest absolute Gasteiger partial charge is 0.307 e. The monoisotopic (exact) mass is 545 g/mol. The zero-order chi connectivity index (χ0) is 27.3. The Kier molecular flexibility index (Phi) is 9.22. The fourth-order valence-corrected chi connectivity index (χ4v) is 6.74. The van der Waals surface area contributed by atoms with E-state index in [1.54, 1.807) is 6.07 Å². The lowest BCUT2D eigenvalue weighted by Crippen LogP contribution is -2.44. The lowest BCUT2D eigenvalue weighted by atomic mass is 9.85. The lowest BCUT2D eigenvalue weighted by molar-refractivity contribution is -0.142. The van der Waals surface area contributed by atoms with Crippen molar-refractivity contribution >= 4 is 22.1 Å². The van der Waals surface area contributed by atoms with Crippen LogP contribution in [0.2, 0.25) is 0 Å². The minimum atomic E-state index is -4.07. The number of carbonyl (C=O) groups is 1. The van der Waals surface area contributed by atoms with Crippen LogP contribution in [0, 0.1) is 25.7 Å². The first kappa shape index (κ1) is 28.3. The first-order chi connectivity index (χ1) is 18.1. The molecule has 4 rings (SSSR count). The van der Waals surface area contributed by atoms with Crippen LogP contribution in [0.1, 0.15) is 62.5 Å². The molecule has 2 aliphatic rings. The van der Waals surface area contributed by atoms with Crippen LogP contribution in [0.15, 0.2) is 24.3 Å². The molecule has 0 spiro atoms. The molecule has 0 amide bonds. The number of benzene rings is 1. The molecule has 1 aliphatic carbocycles. The summed E-state index contributed by atoms with van der Waals surface area (Å²) in [4.78, 5) is 20.3. The van der Waals surface area contributed by atoms with Gasteiger partial charge in [-0.15, -0.1) is 0 Å². The van der Waals surface area contributed by atoms with Crippen molar-refractivity contribution in [1.82, 2.24) is 14.3 Å². The summed E-state index contributed by atoms with van der Waals surface area (Å²) in [6, 6.07) is 7.44. The van der Waals surface area contributed by atoms with E-state index in [0.29, 0.717) is 24.5 Å². The van der Waals surface area contributed by atoms with Gasteiger partial charge in [-0.3, -0.25) is 4.79 Å². The van der Waals surface area contributed by atoms with Crippen molar-refractivity contribution in [1.29, 1.82) is 0 Å². The number of aromatic nitrogens is 2. The Balaban J connectivity index is 1.57. The van der Waals surface area contributed by atoms with E-state index in [-0.39, 0.29) is 37.6 Å². The molecule has 1 aromatic heterocycles. The molecule has 2 unspecified atom stereocenters. The average Bonchev–Trinajstić information content (AvgIpc) is 2.88. The fourth-order valence-electron chi connectivity index (χ4n) is 5.54. The molecular weight excluding hydrogens is 506 g/mol. The Hall–Kier alpha value is -2.76. The van der Waals surface area contributed by atoms with Gasteiger partial charge in [0.25, 0.3) is 0 Å². The average molecular weight is 546 g/mol. The second kappa shape index (κ2) is 12.4. The SMILES string of the molecule is Cc1cccc(C)c1-c1cc(OCC(N)CC2CCCCC2)nc(NS(=O)(=O)N2CCCC(C(=O)O)C2)n1. The van der Waals surface area contributed by atoms with Crippen LogP contribution in [0.3, 0.4) is 0 Å². The molecule has 2 atom stereocenters. The largest absolute Gasteiger partial charge is 0.481 e. The summed E-state index contributed by atoms with van der Waals surface area (Å²) in [5, 5.41) is 9.38. The summed E-state index contributed by atoms with van der Waals surface area (Å²) < 4.78 is 36.0. The van der Waals surface area contributed by atoms with Crippen LogP contribution >= 0.6 is 0 Å². The van der Waals surface area contributed by atoms with Crippen molar-refractivity contribution in [2.75, 3.05) is 24.4 Å². The molecule has 2 aromatic rings. The van der Waals surface area contributed by atoms with E-state index in [1.165, 1.54) is 32.1 Å². The number of hydrogen-bond donors (Lipinski definition) is 3. The number of carboxylic acids is 1. The van der Waals surface area contributed by atoms with E-state index >= 15 is 0 Å². The molecule has 38 heavy (non-hydrogen) atoms. The number of anilines is 1. The topological polar surface area (TPSA) is 148 Å². The van der Waals surface area contributed by atoms with Crippen molar-refractivity contribution in [3.05, 3.63) is 35.4 Å². The number of aliphatic carboxylic acids is 1. The third-order valence-corrected chi connectivity index (χ3v) is 8.99. The van der Waals surface area contributed by atoms with Gasteiger partial charge >= 0.3 is 16.2 Å². The van der Waals surface area contributed by atoms with Crippen LogP contribution in [0.25, 0.3) is 11.3 Å². The Morgan fingerprint density at radius 1 is 1.16 bits per heavy atom. The molecule has 1 saturated carbocycles. The van der Waals surface area contributed by atoms with Crippen molar-refractivity contribution in [2.45, 2.75) is 71.3 Å². The summed E-state index contributed by atoms with van der Waals surface area (Å²) in [6.07, 6.45) is 7.97. The van der Waals surface area contributed by atoms with E-state index in [0.717, 1.165) is 27.4 Å². The van der Waals surface area contributed by atoms with Crippen LogP contribution < -0.4 is 15.2 Å². The standard InChI is InChI=1S/C27H39N5O5S/c1-18-8-6-9-19(2)25(18)23-15-24(37-17-22(28)14-20-10-4-3-5-11-20)30-27(29-23)31-38(35,36)32-13-7-12-21(16-32)26(33)34/h6,8-9,15,20-22H,3-5,7,10-14,16-17,28H2,1-2H3,(H,33,34)(H,29,30,31). The molecule has 1 aliphatic heterocycles. The van der Waals surface area contributed by atoms with Crippen molar-refractivity contribution in [3.63, 3.8) is 0 Å². The van der Waals surface area contributed by atoms with Gasteiger partial charge in [-0.25, -0.2) is 9.71 Å². The van der Waals surface area contributed by atoms with Gasteiger partial charge in [-0.1, -0.05) is 50.3 Å². The molecular formula is C27H39N5O5S. The number of rotatable bonds is 10. The number of ether oxygens (including phenoxy) is 1. The quantitative estimate of drug-likeness (QED) is 0.407. The van der Waals surface area contributed by atoms with Gasteiger partial charge in [-0.05, 0) is 50.2 Å². The second-order valence-corrected chi connectivity index (χ2v) is 12.3. The van der Waals surface area contributed by atoms with Crippen molar-refractivity contribution in [2.24, 2.45) is 17.6 Å². The fraction of sp³-hybridized carbons (Fsp3) is 0.593. The van der Waals surface area contributed by atoms with Crippen molar-refractivity contribution in [3.8, 4) is 17.1 Å². The van der Waals surface area contributed by atoms with E-state index in [1.807, 2.05) is 32.0 Å². The highest BCUT2D eigenvalue weighted by molar-refractivity contribution is 7.90. The maximum atomic E-state index is 13.2. The number of piperidine rings is 1. The molecule has 1 aromatic carbocycles. The summed E-state index contributed by atoms with van der Waals surface area (Å²) in [6.45, 7) is 4.33. The normalized spacial score (nSPS) is 20.1. The zero-order valence-electron chi connectivity index (χ0n) is 22.2. The van der Waals surface area contributed by atoms with Gasteiger partial charge in [0.1, 0.15) is 6.61 Å². The number of nitrogens with zero attached hydrogens (tertiary/aromatic N) is 3. The molecule has 2 fully saturated rings. The Morgan fingerprint density at radius 3 is 2.55 bits per heavy atom. The van der Waals surface area contributed by atoms with Crippen LogP contribution in [0.4, 0.5) is 5.95 Å². The highest BCUT2D eigenvalue weighted by atomic mass is 32.2. The molecule has 0 radical (unpaired) electrons. The molecule has 11 heteroatoms. The molecule has 10 nitrogen and oxygen atoms in total. The number of hydrogen-bond acceptors (Lipinski definition) is 7. The minimum absolute atomic E-state index is 0.0966. The van der Waals surface area contributed by atoms with Gasteiger partial charge in [0, 0.05) is 30.8 Å². The highest BCUT2D eigenvalue weighted by Gasteiger charge is 2.33. The maximum absolute atomic E-state index is 13.2. The van der Waals surface area contributed by atoms with Crippen LogP contribution in [-0.4, -0.2) is 59.5 Å². The van der Waals surface area contributed by atoms with Gasteiger partial charge < -0.3 is 15.6 Å². The molecule has 1 saturated heterocycles. The third-order valence-electron chi connectivity index (χ3n) is 7.54. The van der Waals surface area contributed by atoms with E-state index in [9.17, 15) is 18.3 Å². The molecule has 0 bridgehead atoms. The first-order valence-electron chi connectivity index (χ1n) is 13.5. The Labute approximate surface area is 225 Å². The highest BCUT2D eigenvalue weighted by Crippen LogP contribution is 2.30. The third kappa shape index (κ3) is 7.21. The lowest BCUT2D eigenvalue weighted by Gasteiger charge is -2.29. The van der Waals surface area contributed by atoms with Crippen LogP contribution in [-0.2, 0) is 15.0 Å². The minimum Gasteiger partial charge on any atom is -0.481 e. The zero-order valence-corrected chi connectivity index (χ0v) is 23.0. The molecule has 2 heterocycles. The number of aryl methyl sites for hydroxylation is 2. The van der Waals surface area contributed by atoms with Gasteiger partial charge in [0.2, 0.25) is 11.8 Å². The predicted octanol–water partition coefficient (Wildman–Crippen LogP) is 3.89. The number of nitrogens with two attached hydrogens (primary N) is 1. The summed E-state index contributed by atoms with van der Waals surface area (Å²) in [5.74, 6) is -1.03. The number of carboxylic acid groups (broad SMARTS) is 1. The van der Waals surface area contributed by atoms with Crippen LogP contribution in [0.5, 0.6) is 5.88 Å². The number of nitrogens with one attached hydrogen (secondary N) is 1. The van der Waals surface area contributed by atoms with E-state index in [2.05, 4.69) is 14.7 Å². The van der Waals surface area contributed by atoms with E-state index in [4.69, 9.17) is 10.5 Å². The second-order valence-electron chi connectivity index (χ2n) is 10.6. The van der Waals surface area contributed by atoms with Crippen molar-refractivity contribution < 1.29 is 23.1 Å².